The zero-order valence-corrected chi connectivity index (χ0v) is 18.6. The van der Waals surface area contributed by atoms with Crippen LogP contribution in [-0.2, 0) is 9.84 Å². The van der Waals surface area contributed by atoms with Crippen molar-refractivity contribution in [3.8, 4) is 11.5 Å². The van der Waals surface area contributed by atoms with Crippen LogP contribution in [0.3, 0.4) is 0 Å². The van der Waals surface area contributed by atoms with Gasteiger partial charge in [-0.2, -0.15) is 0 Å². The molecule has 0 saturated heterocycles. The van der Waals surface area contributed by atoms with E-state index in [2.05, 4.69) is 41.2 Å². The number of ether oxygens (including phenoxy) is 1. The van der Waals surface area contributed by atoms with Gasteiger partial charge in [0, 0.05) is 18.5 Å². The van der Waals surface area contributed by atoms with E-state index in [1.165, 1.54) is 18.4 Å². The maximum atomic E-state index is 11.8. The van der Waals surface area contributed by atoms with E-state index in [4.69, 9.17) is 4.74 Å². The van der Waals surface area contributed by atoms with Gasteiger partial charge in [0.25, 0.3) is 0 Å². The molecule has 8 nitrogen and oxygen atoms in total. The third-order valence-corrected chi connectivity index (χ3v) is 6.22. The van der Waals surface area contributed by atoms with Crippen LogP contribution in [0.5, 0.6) is 11.5 Å². The summed E-state index contributed by atoms with van der Waals surface area (Å²) in [6.45, 7) is 0. The zero-order chi connectivity index (χ0) is 21.6. The highest BCUT2D eigenvalue weighted by Crippen LogP contribution is 2.29. The van der Waals surface area contributed by atoms with Gasteiger partial charge in [0.1, 0.15) is 21.6 Å². The molecule has 3 N–H and O–H groups in total. The number of aromatic amines is 2. The van der Waals surface area contributed by atoms with Crippen LogP contribution in [-0.4, -0.2) is 34.6 Å². The average molecular weight is 498 g/mol. The van der Waals surface area contributed by atoms with E-state index in [1.807, 2.05) is 24.4 Å². The standard InChI is InChI=1S/C21H16BrN5O3S/c1-31(28,29)14-4-2-3-12(9-14)30-13-5-6-15-17(10-13)25-21(24-15)26-18-11-23-16-7-8-19(22)27-20(16)18/h2-11,23H,1H3,(H2,24,25,26). The maximum Gasteiger partial charge on any atom is 0.205 e. The molecule has 0 radical (unpaired) electrons. The topological polar surface area (TPSA) is 113 Å². The first-order valence-corrected chi connectivity index (χ1v) is 11.9. The molecule has 0 aliphatic rings. The lowest BCUT2D eigenvalue weighted by Crippen LogP contribution is -1.97. The van der Waals surface area contributed by atoms with Gasteiger partial charge >= 0.3 is 0 Å². The number of pyridine rings is 1. The van der Waals surface area contributed by atoms with Crippen molar-refractivity contribution in [1.82, 2.24) is 19.9 Å². The molecule has 0 unspecified atom stereocenters. The highest BCUT2D eigenvalue weighted by Gasteiger charge is 2.11. The van der Waals surface area contributed by atoms with Crippen molar-refractivity contribution in [2.45, 2.75) is 4.90 Å². The Labute approximate surface area is 185 Å². The van der Waals surface area contributed by atoms with Crippen molar-refractivity contribution in [3.63, 3.8) is 0 Å². The maximum absolute atomic E-state index is 11.8. The highest BCUT2D eigenvalue weighted by molar-refractivity contribution is 9.10. The number of nitrogens with zero attached hydrogens (tertiary/aromatic N) is 2. The molecule has 3 aromatic heterocycles. The van der Waals surface area contributed by atoms with Gasteiger partial charge in [0.2, 0.25) is 5.95 Å². The summed E-state index contributed by atoms with van der Waals surface area (Å²) in [6, 6.07) is 15.6. The Balaban J connectivity index is 1.42. The normalized spacial score (nSPS) is 11.8. The van der Waals surface area contributed by atoms with E-state index < -0.39 is 9.84 Å². The Morgan fingerprint density at radius 2 is 1.81 bits per heavy atom. The molecule has 156 valence electrons. The second kappa shape index (κ2) is 7.40. The number of hydrogen-bond acceptors (Lipinski definition) is 6. The fourth-order valence-corrected chi connectivity index (χ4v) is 4.18. The molecule has 5 rings (SSSR count). The van der Waals surface area contributed by atoms with Crippen LogP contribution < -0.4 is 10.1 Å². The molecule has 0 fully saturated rings. The second-order valence-corrected chi connectivity index (χ2v) is 9.80. The van der Waals surface area contributed by atoms with Crippen LogP contribution in [0.4, 0.5) is 11.6 Å². The quantitative estimate of drug-likeness (QED) is 0.289. The summed E-state index contributed by atoms with van der Waals surface area (Å²) in [7, 11) is -3.31. The summed E-state index contributed by atoms with van der Waals surface area (Å²) in [5.41, 5.74) is 4.03. The molecule has 0 saturated carbocycles. The van der Waals surface area contributed by atoms with Crippen molar-refractivity contribution >= 4 is 59.5 Å². The predicted octanol–water partition coefficient (Wildman–Crippen LogP) is 5.14. The molecular formula is C21H16BrN5O3S. The highest BCUT2D eigenvalue weighted by atomic mass is 79.9. The van der Waals surface area contributed by atoms with E-state index in [1.54, 1.807) is 24.3 Å². The molecular weight excluding hydrogens is 482 g/mol. The van der Waals surface area contributed by atoms with E-state index >= 15 is 0 Å². The number of H-pyrrole nitrogens is 2. The number of imidazole rings is 1. The minimum absolute atomic E-state index is 0.205. The lowest BCUT2D eigenvalue weighted by atomic mass is 10.3. The number of aromatic nitrogens is 4. The molecule has 5 aromatic rings. The first-order valence-electron chi connectivity index (χ1n) is 9.23. The minimum atomic E-state index is -3.31. The number of hydrogen-bond donors (Lipinski definition) is 3. The van der Waals surface area contributed by atoms with Crippen LogP contribution in [0, 0.1) is 0 Å². The molecule has 0 bridgehead atoms. The number of halogens is 1. The summed E-state index contributed by atoms with van der Waals surface area (Å²) in [5.74, 6) is 1.55. The number of nitrogens with one attached hydrogen (secondary N) is 3. The van der Waals surface area contributed by atoms with E-state index in [-0.39, 0.29) is 4.90 Å². The predicted molar refractivity (Wildman–Crippen MR) is 123 cm³/mol. The number of fused-ring (bicyclic) bond motifs is 2. The smallest absolute Gasteiger partial charge is 0.205 e. The van der Waals surface area contributed by atoms with E-state index in [0.29, 0.717) is 23.0 Å². The summed E-state index contributed by atoms with van der Waals surface area (Å²) >= 11 is 3.39. The molecule has 0 amide bonds. The van der Waals surface area contributed by atoms with E-state index in [0.717, 1.165) is 26.8 Å². The van der Waals surface area contributed by atoms with Gasteiger partial charge in [0.05, 0.1) is 27.1 Å². The monoisotopic (exact) mass is 497 g/mol. The zero-order valence-electron chi connectivity index (χ0n) is 16.2. The molecule has 0 spiro atoms. The molecule has 0 aliphatic carbocycles. The summed E-state index contributed by atoms with van der Waals surface area (Å²) in [4.78, 5) is 15.7. The van der Waals surface area contributed by atoms with Crippen molar-refractivity contribution in [2.75, 3.05) is 11.6 Å². The lowest BCUT2D eigenvalue weighted by Gasteiger charge is -2.07. The third kappa shape index (κ3) is 3.99. The molecule has 3 heterocycles. The van der Waals surface area contributed by atoms with Gasteiger partial charge < -0.3 is 20.0 Å². The van der Waals surface area contributed by atoms with Crippen molar-refractivity contribution in [3.05, 3.63) is 65.4 Å². The Bertz CT molecular complexity index is 1540. The number of anilines is 2. The van der Waals surface area contributed by atoms with Crippen LogP contribution in [0.2, 0.25) is 0 Å². The molecule has 0 aliphatic heterocycles. The largest absolute Gasteiger partial charge is 0.457 e. The van der Waals surface area contributed by atoms with Gasteiger partial charge in [0.15, 0.2) is 9.84 Å². The van der Waals surface area contributed by atoms with Gasteiger partial charge in [-0.3, -0.25) is 0 Å². The van der Waals surface area contributed by atoms with E-state index in [9.17, 15) is 8.42 Å². The Morgan fingerprint density at radius 3 is 2.65 bits per heavy atom. The van der Waals surface area contributed by atoms with Gasteiger partial charge in [-0.05, 0) is 58.4 Å². The number of rotatable bonds is 5. The Morgan fingerprint density at radius 1 is 1.00 bits per heavy atom. The lowest BCUT2D eigenvalue weighted by molar-refractivity contribution is 0.481. The molecule has 0 atom stereocenters. The van der Waals surface area contributed by atoms with Crippen LogP contribution >= 0.6 is 15.9 Å². The average Bonchev–Trinajstić information content (AvgIpc) is 3.31. The van der Waals surface area contributed by atoms with Gasteiger partial charge in [-0.25, -0.2) is 18.4 Å². The minimum Gasteiger partial charge on any atom is -0.457 e. The summed E-state index contributed by atoms with van der Waals surface area (Å²) in [5, 5.41) is 3.25. The molecule has 10 heteroatoms. The Kier molecular flexibility index (Phi) is 4.67. The van der Waals surface area contributed by atoms with Crippen molar-refractivity contribution in [1.29, 1.82) is 0 Å². The molecule has 2 aromatic carbocycles. The SMILES string of the molecule is CS(=O)(=O)c1cccc(Oc2ccc3[nH]c(Nc4c[nH]c5ccc(Br)nc45)nc3c2)c1. The molecule has 31 heavy (non-hydrogen) atoms. The fourth-order valence-electron chi connectivity index (χ4n) is 3.21. The summed E-state index contributed by atoms with van der Waals surface area (Å²) in [6.07, 6.45) is 3.00. The first kappa shape index (κ1) is 19.6. The van der Waals surface area contributed by atoms with Gasteiger partial charge in [-0.15, -0.1) is 0 Å². The fraction of sp³-hybridized carbons (Fsp3) is 0.0476. The number of sulfone groups is 1. The Hall–Kier alpha value is -3.37. The third-order valence-electron chi connectivity index (χ3n) is 4.67. The van der Waals surface area contributed by atoms with Gasteiger partial charge in [-0.1, -0.05) is 6.07 Å². The summed E-state index contributed by atoms with van der Waals surface area (Å²) < 4.78 is 30.1. The first-order chi connectivity index (χ1) is 14.8. The van der Waals surface area contributed by atoms with Crippen LogP contribution in [0.1, 0.15) is 0 Å². The van der Waals surface area contributed by atoms with Crippen LogP contribution in [0.25, 0.3) is 22.1 Å². The number of benzene rings is 2. The second-order valence-electron chi connectivity index (χ2n) is 6.97. The van der Waals surface area contributed by atoms with Crippen molar-refractivity contribution < 1.29 is 13.2 Å². The van der Waals surface area contributed by atoms with Crippen LogP contribution in [0.15, 0.2) is 70.3 Å². The van der Waals surface area contributed by atoms with Crippen molar-refractivity contribution in [2.24, 2.45) is 0 Å².